The minimum Gasteiger partial charge on any atom is -0.399 e. The molecule has 0 saturated carbocycles. The number of benzene rings is 1. The van der Waals surface area contributed by atoms with E-state index in [-0.39, 0.29) is 17.9 Å². The van der Waals surface area contributed by atoms with Crippen molar-refractivity contribution in [1.29, 1.82) is 0 Å². The lowest BCUT2D eigenvalue weighted by atomic mass is 10.1. The van der Waals surface area contributed by atoms with Crippen LogP contribution in [0.2, 0.25) is 0 Å². The van der Waals surface area contributed by atoms with Crippen molar-refractivity contribution in [3.63, 3.8) is 0 Å². The molecule has 1 unspecified atom stereocenters. The number of carbonyl (C=O) groups is 2. The van der Waals surface area contributed by atoms with Crippen molar-refractivity contribution in [2.45, 2.75) is 25.4 Å². The number of anilines is 1. The minimum atomic E-state index is -0.274. The normalized spacial score (nSPS) is 21.5. The van der Waals surface area contributed by atoms with Crippen molar-refractivity contribution >= 4 is 17.5 Å². The van der Waals surface area contributed by atoms with Gasteiger partial charge in [-0.2, -0.15) is 0 Å². The van der Waals surface area contributed by atoms with Crippen molar-refractivity contribution in [1.82, 2.24) is 9.80 Å². The van der Waals surface area contributed by atoms with Gasteiger partial charge < -0.3 is 20.3 Å². The van der Waals surface area contributed by atoms with E-state index in [4.69, 9.17) is 10.5 Å². The molecule has 6 nitrogen and oxygen atoms in total. The highest BCUT2D eigenvalue weighted by Crippen LogP contribution is 2.16. The van der Waals surface area contributed by atoms with Gasteiger partial charge >= 0.3 is 0 Å². The lowest BCUT2D eigenvalue weighted by Crippen LogP contribution is -2.53. The average molecular weight is 317 g/mol. The molecule has 0 radical (unpaired) electrons. The van der Waals surface area contributed by atoms with Gasteiger partial charge in [-0.15, -0.1) is 0 Å². The molecule has 23 heavy (non-hydrogen) atoms. The number of nitrogen functional groups attached to an aromatic ring is 1. The van der Waals surface area contributed by atoms with E-state index in [9.17, 15) is 9.59 Å². The monoisotopic (exact) mass is 317 g/mol. The molecule has 3 rings (SSSR count). The lowest BCUT2D eigenvalue weighted by Gasteiger charge is -2.35. The minimum absolute atomic E-state index is 0.0745. The molecule has 2 aliphatic heterocycles. The summed E-state index contributed by atoms with van der Waals surface area (Å²) in [4.78, 5) is 28.3. The Kier molecular flexibility index (Phi) is 4.81. The van der Waals surface area contributed by atoms with E-state index < -0.39 is 0 Å². The first-order valence-electron chi connectivity index (χ1n) is 8.16. The van der Waals surface area contributed by atoms with Gasteiger partial charge in [0.1, 0.15) is 6.10 Å². The van der Waals surface area contributed by atoms with Crippen LogP contribution in [0.5, 0.6) is 0 Å². The molecule has 0 aromatic heterocycles. The van der Waals surface area contributed by atoms with Gasteiger partial charge in [-0.25, -0.2) is 0 Å². The molecule has 1 aromatic carbocycles. The zero-order valence-electron chi connectivity index (χ0n) is 13.2. The molecule has 1 aromatic rings. The van der Waals surface area contributed by atoms with E-state index in [1.807, 2.05) is 34.1 Å². The molecule has 2 heterocycles. The summed E-state index contributed by atoms with van der Waals surface area (Å²) in [5.41, 5.74) is 7.34. The summed E-state index contributed by atoms with van der Waals surface area (Å²) in [6, 6.07) is 7.40. The topological polar surface area (TPSA) is 75.9 Å². The fraction of sp³-hybridized carbons (Fsp3) is 0.529. The average Bonchev–Trinajstić information content (AvgIpc) is 3.09. The van der Waals surface area contributed by atoms with Crippen LogP contribution < -0.4 is 5.73 Å². The molecular formula is C17H23N3O3. The van der Waals surface area contributed by atoms with Crippen LogP contribution in [0.4, 0.5) is 5.69 Å². The van der Waals surface area contributed by atoms with Gasteiger partial charge in [0.2, 0.25) is 5.91 Å². The van der Waals surface area contributed by atoms with Crippen molar-refractivity contribution in [2.75, 3.05) is 38.5 Å². The second-order valence-corrected chi connectivity index (χ2v) is 6.13. The first-order chi connectivity index (χ1) is 11.1. The molecule has 1 atom stereocenters. The second-order valence-electron chi connectivity index (χ2n) is 6.13. The van der Waals surface area contributed by atoms with E-state index in [1.54, 1.807) is 0 Å². The molecular weight excluding hydrogens is 294 g/mol. The SMILES string of the molecule is Nc1cccc(CC(=O)N2CCN(C(=O)C3CCCO3)CC2)c1. The van der Waals surface area contributed by atoms with Crippen molar-refractivity contribution in [3.05, 3.63) is 29.8 Å². The van der Waals surface area contributed by atoms with Crippen LogP contribution in [0.15, 0.2) is 24.3 Å². The zero-order valence-corrected chi connectivity index (χ0v) is 13.2. The number of nitrogens with zero attached hydrogens (tertiary/aromatic N) is 2. The van der Waals surface area contributed by atoms with Gasteiger partial charge in [0.05, 0.1) is 6.42 Å². The van der Waals surface area contributed by atoms with Gasteiger partial charge in [0.25, 0.3) is 5.91 Å². The van der Waals surface area contributed by atoms with Crippen molar-refractivity contribution in [2.24, 2.45) is 0 Å². The second kappa shape index (κ2) is 7.00. The third-order valence-electron chi connectivity index (χ3n) is 4.46. The van der Waals surface area contributed by atoms with Gasteiger partial charge in [0.15, 0.2) is 0 Å². The summed E-state index contributed by atoms with van der Waals surface area (Å²) < 4.78 is 5.45. The van der Waals surface area contributed by atoms with Crippen LogP contribution in [-0.2, 0) is 20.7 Å². The number of piperazine rings is 1. The highest BCUT2D eigenvalue weighted by molar-refractivity contribution is 5.82. The van der Waals surface area contributed by atoms with Crippen LogP contribution >= 0.6 is 0 Å². The quantitative estimate of drug-likeness (QED) is 0.831. The summed E-state index contributed by atoms with van der Waals surface area (Å²) in [5.74, 6) is 0.158. The predicted octanol–water partition coefficient (Wildman–Crippen LogP) is 0.661. The van der Waals surface area contributed by atoms with Crippen molar-refractivity contribution in [3.8, 4) is 0 Å². The standard InChI is InChI=1S/C17H23N3O3/c18-14-4-1-3-13(11-14)12-16(21)19-6-8-20(9-7-19)17(22)15-5-2-10-23-15/h1,3-4,11,15H,2,5-10,12,18H2. The summed E-state index contributed by atoms with van der Waals surface area (Å²) in [6.07, 6.45) is 1.84. The molecule has 0 spiro atoms. The molecule has 2 aliphatic rings. The number of nitrogens with two attached hydrogens (primary N) is 1. The first-order valence-corrected chi connectivity index (χ1v) is 8.16. The summed E-state index contributed by atoms with van der Waals surface area (Å²) in [7, 11) is 0. The van der Waals surface area contributed by atoms with Gasteiger partial charge in [-0.3, -0.25) is 9.59 Å². The Hall–Kier alpha value is -2.08. The Morgan fingerprint density at radius 3 is 2.57 bits per heavy atom. The Balaban J connectivity index is 1.50. The van der Waals surface area contributed by atoms with Crippen LogP contribution in [-0.4, -0.2) is 60.5 Å². The van der Waals surface area contributed by atoms with E-state index in [2.05, 4.69) is 0 Å². The summed E-state index contributed by atoms with van der Waals surface area (Å²) in [6.45, 7) is 3.01. The number of carbonyl (C=O) groups excluding carboxylic acids is 2. The van der Waals surface area contributed by atoms with E-state index in [0.29, 0.717) is 44.9 Å². The van der Waals surface area contributed by atoms with Crippen LogP contribution in [0.3, 0.4) is 0 Å². The third-order valence-corrected chi connectivity index (χ3v) is 4.46. The maximum atomic E-state index is 12.4. The van der Waals surface area contributed by atoms with Crippen molar-refractivity contribution < 1.29 is 14.3 Å². The predicted molar refractivity (Wildman–Crippen MR) is 86.7 cm³/mol. The number of rotatable bonds is 3. The highest BCUT2D eigenvalue weighted by atomic mass is 16.5. The van der Waals surface area contributed by atoms with Crippen LogP contribution in [0, 0.1) is 0 Å². The molecule has 124 valence electrons. The molecule has 2 N–H and O–H groups in total. The fourth-order valence-electron chi connectivity index (χ4n) is 3.14. The number of ether oxygens (including phenoxy) is 1. The maximum Gasteiger partial charge on any atom is 0.251 e. The first kappa shape index (κ1) is 15.8. The molecule has 2 amide bonds. The van der Waals surface area contributed by atoms with Crippen LogP contribution in [0.1, 0.15) is 18.4 Å². The largest absolute Gasteiger partial charge is 0.399 e. The summed E-state index contributed by atoms with van der Waals surface area (Å²) in [5, 5.41) is 0. The van der Waals surface area contributed by atoms with E-state index in [1.165, 1.54) is 0 Å². The van der Waals surface area contributed by atoms with Gasteiger partial charge in [0, 0.05) is 38.5 Å². The Labute approximate surface area is 136 Å². The smallest absolute Gasteiger partial charge is 0.251 e. The lowest BCUT2D eigenvalue weighted by molar-refractivity contribution is -0.145. The zero-order chi connectivity index (χ0) is 16.2. The number of hydrogen-bond acceptors (Lipinski definition) is 4. The summed E-state index contributed by atoms with van der Waals surface area (Å²) >= 11 is 0. The van der Waals surface area contributed by atoms with Gasteiger partial charge in [-0.1, -0.05) is 12.1 Å². The van der Waals surface area contributed by atoms with E-state index >= 15 is 0 Å². The molecule has 2 saturated heterocycles. The third kappa shape index (κ3) is 3.82. The highest BCUT2D eigenvalue weighted by Gasteiger charge is 2.31. The molecule has 6 heteroatoms. The Morgan fingerprint density at radius 1 is 1.17 bits per heavy atom. The van der Waals surface area contributed by atoms with E-state index in [0.717, 1.165) is 18.4 Å². The Bertz CT molecular complexity index is 576. The number of hydrogen-bond donors (Lipinski definition) is 1. The maximum absolute atomic E-state index is 12.4. The van der Waals surface area contributed by atoms with Crippen LogP contribution in [0.25, 0.3) is 0 Å². The fourth-order valence-corrected chi connectivity index (χ4v) is 3.14. The number of amides is 2. The molecule has 0 aliphatic carbocycles. The molecule has 0 bridgehead atoms. The Morgan fingerprint density at radius 2 is 1.91 bits per heavy atom. The molecule has 2 fully saturated rings. The van der Waals surface area contributed by atoms with Gasteiger partial charge in [-0.05, 0) is 30.5 Å².